The summed E-state index contributed by atoms with van der Waals surface area (Å²) < 4.78 is 130. The highest BCUT2D eigenvalue weighted by atomic mass is 19.4. The Labute approximate surface area is 161 Å². The van der Waals surface area contributed by atoms with E-state index < -0.39 is 54.5 Å². The molecule has 0 unspecified atom stereocenters. The lowest BCUT2D eigenvalue weighted by Gasteiger charge is -2.41. The highest BCUT2D eigenvalue weighted by molar-refractivity contribution is 5.86. The zero-order chi connectivity index (χ0) is 22.7. The van der Waals surface area contributed by atoms with Crippen molar-refractivity contribution >= 4 is 5.78 Å². The molecule has 0 radical (unpaired) electrons. The molecule has 1 aliphatic rings. The molecule has 1 heterocycles. The minimum absolute atomic E-state index is 0.0324. The van der Waals surface area contributed by atoms with Crippen LogP contribution in [0.4, 0.5) is 39.5 Å². The summed E-state index contributed by atoms with van der Waals surface area (Å²) in [5.74, 6) is -24.8. The van der Waals surface area contributed by atoms with Crippen molar-refractivity contribution in [3.05, 3.63) is 0 Å². The number of alkyl halides is 9. The van der Waals surface area contributed by atoms with E-state index >= 15 is 0 Å². The number of hydrogen-bond acceptors (Lipinski definition) is 3. The van der Waals surface area contributed by atoms with Gasteiger partial charge in [-0.25, -0.2) is 0 Å². The van der Waals surface area contributed by atoms with E-state index in [1.807, 2.05) is 6.92 Å². The summed E-state index contributed by atoms with van der Waals surface area (Å²) >= 11 is 0. The van der Waals surface area contributed by atoms with E-state index in [1.165, 1.54) is 6.92 Å². The van der Waals surface area contributed by atoms with Crippen LogP contribution in [0, 0.1) is 5.92 Å². The quantitative estimate of drug-likeness (QED) is 0.316. The van der Waals surface area contributed by atoms with Crippen LogP contribution in [0.1, 0.15) is 52.4 Å². The molecule has 1 aliphatic heterocycles. The summed E-state index contributed by atoms with van der Waals surface area (Å²) in [6.45, 7) is 2.97. The second kappa shape index (κ2) is 9.40. The van der Waals surface area contributed by atoms with Crippen molar-refractivity contribution in [2.75, 3.05) is 6.61 Å². The van der Waals surface area contributed by atoms with Crippen molar-refractivity contribution in [2.45, 2.75) is 88.7 Å². The van der Waals surface area contributed by atoms with Gasteiger partial charge in [0.25, 0.3) is 0 Å². The van der Waals surface area contributed by atoms with Crippen molar-refractivity contribution in [3.8, 4) is 0 Å². The number of Topliss-reactive ketones (excluding diaryl/α,β-unsaturated/α-hetero) is 1. The molecular weight excluding hydrogens is 423 g/mol. The number of ether oxygens (including phenoxy) is 2. The number of carbonyl (C=O) groups is 1. The summed E-state index contributed by atoms with van der Waals surface area (Å²) in [5.41, 5.74) is 0. The minimum atomic E-state index is -7.04. The van der Waals surface area contributed by atoms with Gasteiger partial charge in [0.1, 0.15) is 0 Å². The average molecular weight is 446 g/mol. The fourth-order valence-corrected chi connectivity index (χ4v) is 3.03. The fraction of sp³-hybridized carbons (Fsp3) is 0.941. The second-order valence-electron chi connectivity index (χ2n) is 6.85. The van der Waals surface area contributed by atoms with Crippen LogP contribution in [0.5, 0.6) is 0 Å². The molecule has 3 atom stereocenters. The van der Waals surface area contributed by atoms with Gasteiger partial charge in [-0.2, -0.15) is 39.5 Å². The zero-order valence-corrected chi connectivity index (χ0v) is 15.8. The lowest BCUT2D eigenvalue weighted by Crippen LogP contribution is -2.65. The van der Waals surface area contributed by atoms with Crippen LogP contribution in [0.25, 0.3) is 0 Å². The van der Waals surface area contributed by atoms with Crippen molar-refractivity contribution in [1.82, 2.24) is 0 Å². The summed E-state index contributed by atoms with van der Waals surface area (Å²) in [7, 11) is 0. The Kier molecular flexibility index (Phi) is 8.43. The van der Waals surface area contributed by atoms with Gasteiger partial charge in [-0.05, 0) is 19.8 Å². The number of halogens is 9. The average Bonchev–Trinajstić information content (AvgIpc) is 2.59. The Balaban J connectivity index is 3.18. The molecule has 0 aromatic heterocycles. The topological polar surface area (TPSA) is 35.5 Å². The zero-order valence-electron chi connectivity index (χ0n) is 15.8. The number of carbonyl (C=O) groups excluding carboxylic acids is 1. The van der Waals surface area contributed by atoms with E-state index in [0.717, 1.165) is 12.8 Å². The molecule has 0 aromatic carbocycles. The largest absolute Gasteiger partial charge is 0.460 e. The molecule has 0 aromatic rings. The first-order valence-electron chi connectivity index (χ1n) is 9.16. The van der Waals surface area contributed by atoms with Crippen LogP contribution in [0.2, 0.25) is 0 Å². The van der Waals surface area contributed by atoms with Gasteiger partial charge >= 0.3 is 23.9 Å². The number of unbranched alkanes of at least 4 members (excludes halogenated alkanes) is 3. The molecule has 0 spiro atoms. The van der Waals surface area contributed by atoms with Gasteiger partial charge in [-0.3, -0.25) is 4.79 Å². The summed E-state index contributed by atoms with van der Waals surface area (Å²) in [4.78, 5) is 12.1. The third-order valence-corrected chi connectivity index (χ3v) is 4.69. The predicted octanol–water partition coefficient (Wildman–Crippen LogP) is 5.76. The maximum Gasteiger partial charge on any atom is 0.460 e. The lowest BCUT2D eigenvalue weighted by atomic mass is 9.81. The van der Waals surface area contributed by atoms with E-state index in [2.05, 4.69) is 0 Å². The van der Waals surface area contributed by atoms with Crippen LogP contribution < -0.4 is 0 Å². The molecule has 1 fully saturated rings. The van der Waals surface area contributed by atoms with Gasteiger partial charge in [-0.1, -0.05) is 32.6 Å². The maximum absolute atomic E-state index is 14.3. The first-order valence-corrected chi connectivity index (χ1v) is 9.16. The fourth-order valence-electron chi connectivity index (χ4n) is 3.03. The molecule has 29 heavy (non-hydrogen) atoms. The molecule has 172 valence electrons. The Hall–Kier alpha value is -1.04. The summed E-state index contributed by atoms with van der Waals surface area (Å²) in [6, 6.07) is 0. The van der Waals surface area contributed by atoms with Crippen LogP contribution in [0.15, 0.2) is 0 Å². The Morgan fingerprint density at radius 3 is 2.00 bits per heavy atom. The Bertz CT molecular complexity index is 549. The third kappa shape index (κ3) is 5.18. The lowest BCUT2D eigenvalue weighted by molar-refractivity contribution is -0.403. The predicted molar refractivity (Wildman–Crippen MR) is 83.1 cm³/mol. The molecule has 0 saturated carbocycles. The molecule has 1 saturated heterocycles. The van der Waals surface area contributed by atoms with E-state index in [0.29, 0.717) is 12.8 Å². The van der Waals surface area contributed by atoms with Gasteiger partial charge in [0.05, 0.1) is 12.0 Å². The van der Waals surface area contributed by atoms with E-state index in [1.54, 1.807) is 0 Å². The van der Waals surface area contributed by atoms with Crippen molar-refractivity contribution in [3.63, 3.8) is 0 Å². The minimum Gasteiger partial charge on any atom is -0.346 e. The van der Waals surface area contributed by atoms with E-state index in [9.17, 15) is 44.3 Å². The van der Waals surface area contributed by atoms with Gasteiger partial charge < -0.3 is 9.47 Å². The third-order valence-electron chi connectivity index (χ3n) is 4.69. The number of rotatable bonds is 10. The van der Waals surface area contributed by atoms with Gasteiger partial charge in [0, 0.05) is 6.61 Å². The van der Waals surface area contributed by atoms with Crippen LogP contribution in [-0.2, 0) is 14.3 Å². The molecule has 12 heteroatoms. The van der Waals surface area contributed by atoms with Gasteiger partial charge in [0.15, 0.2) is 5.78 Å². The molecule has 0 N–H and O–H groups in total. The van der Waals surface area contributed by atoms with E-state index in [4.69, 9.17) is 9.47 Å². The smallest absolute Gasteiger partial charge is 0.346 e. The number of hydrogen-bond donors (Lipinski definition) is 0. The maximum atomic E-state index is 14.3. The van der Waals surface area contributed by atoms with Crippen LogP contribution in [0.3, 0.4) is 0 Å². The first kappa shape index (κ1) is 26.0. The van der Waals surface area contributed by atoms with Gasteiger partial charge in [0.2, 0.25) is 6.29 Å². The number of ketones is 1. The second-order valence-corrected chi connectivity index (χ2v) is 6.85. The monoisotopic (exact) mass is 446 g/mol. The van der Waals surface area contributed by atoms with Crippen molar-refractivity contribution in [1.29, 1.82) is 0 Å². The molecule has 3 nitrogen and oxygen atoms in total. The highest BCUT2D eigenvalue weighted by Crippen LogP contribution is 2.56. The molecule has 0 aliphatic carbocycles. The van der Waals surface area contributed by atoms with Crippen molar-refractivity contribution in [2.24, 2.45) is 5.92 Å². The first-order chi connectivity index (χ1) is 13.1. The molecule has 0 bridgehead atoms. The SMILES string of the molecule is CCCCCC[C@H]1C[C@@H](C(F)(F)C(F)(F)C(F)(F)C(F)(F)F)C(=O)[C@H](OCC)O1. The van der Waals surface area contributed by atoms with Crippen LogP contribution >= 0.6 is 0 Å². The van der Waals surface area contributed by atoms with E-state index in [-0.39, 0.29) is 13.0 Å². The van der Waals surface area contributed by atoms with Crippen LogP contribution in [-0.4, -0.2) is 48.7 Å². The molecule has 1 rings (SSSR count). The van der Waals surface area contributed by atoms with Crippen molar-refractivity contribution < 1.29 is 53.8 Å². The molecular formula is C17H23F9O3. The summed E-state index contributed by atoms with van der Waals surface area (Å²) in [5, 5.41) is 0. The van der Waals surface area contributed by atoms with Gasteiger partial charge in [-0.15, -0.1) is 0 Å². The molecule has 0 amide bonds. The standard InChI is InChI=1S/C17H23F9O3/c1-3-5-6-7-8-10-9-11(12(27)13(29-10)28-4-2)14(18,19)15(20,21)16(22,23)17(24,25)26/h10-11,13H,3-9H2,1-2H3/t10-,11+,13+/m0/s1. The highest BCUT2D eigenvalue weighted by Gasteiger charge is 2.83. The Morgan fingerprint density at radius 1 is 0.931 bits per heavy atom. The normalized spacial score (nSPS) is 24.8. The Morgan fingerprint density at radius 2 is 1.52 bits per heavy atom. The summed E-state index contributed by atoms with van der Waals surface area (Å²) in [6.07, 6.45) is -8.67.